The molecule has 2 rings (SSSR count). The van der Waals surface area contributed by atoms with Gasteiger partial charge in [0, 0.05) is 0 Å². The van der Waals surface area contributed by atoms with Gasteiger partial charge in [-0.15, -0.1) is 0 Å². The SMILES string of the molecule is Cc1nc([C@@H](C)NC(=O)Cc2cccc(F)c2)n[nH]1. The van der Waals surface area contributed by atoms with E-state index >= 15 is 0 Å². The highest BCUT2D eigenvalue weighted by molar-refractivity contribution is 5.78. The minimum Gasteiger partial charge on any atom is -0.346 e. The lowest BCUT2D eigenvalue weighted by molar-refractivity contribution is -0.121. The van der Waals surface area contributed by atoms with Gasteiger partial charge in [-0.2, -0.15) is 5.10 Å². The van der Waals surface area contributed by atoms with Crippen LogP contribution in [-0.4, -0.2) is 21.1 Å². The maximum Gasteiger partial charge on any atom is 0.225 e. The number of carbonyl (C=O) groups is 1. The number of rotatable bonds is 4. The number of aryl methyl sites for hydroxylation is 1. The number of hydrogen-bond acceptors (Lipinski definition) is 3. The molecule has 1 aromatic carbocycles. The topological polar surface area (TPSA) is 70.7 Å². The molecule has 1 aromatic heterocycles. The van der Waals surface area contributed by atoms with Crippen molar-refractivity contribution in [2.45, 2.75) is 26.3 Å². The molecule has 1 atom stereocenters. The molecule has 0 fully saturated rings. The molecule has 0 aliphatic rings. The predicted octanol–water partition coefficient (Wildman–Crippen LogP) is 1.67. The van der Waals surface area contributed by atoms with Crippen molar-refractivity contribution in [3.63, 3.8) is 0 Å². The molecular formula is C13H15FN4O. The summed E-state index contributed by atoms with van der Waals surface area (Å²) < 4.78 is 13.0. The van der Waals surface area contributed by atoms with E-state index in [2.05, 4.69) is 20.5 Å². The van der Waals surface area contributed by atoms with E-state index < -0.39 is 0 Å². The summed E-state index contributed by atoms with van der Waals surface area (Å²) in [5.41, 5.74) is 0.635. The van der Waals surface area contributed by atoms with E-state index in [1.165, 1.54) is 12.1 Å². The van der Waals surface area contributed by atoms with Crippen LogP contribution >= 0.6 is 0 Å². The maximum atomic E-state index is 13.0. The molecule has 2 N–H and O–H groups in total. The van der Waals surface area contributed by atoms with Crippen LogP contribution in [0.1, 0.15) is 30.2 Å². The lowest BCUT2D eigenvalue weighted by atomic mass is 10.1. The molecule has 0 bridgehead atoms. The van der Waals surface area contributed by atoms with Crippen molar-refractivity contribution in [2.24, 2.45) is 0 Å². The van der Waals surface area contributed by atoms with E-state index in [1.807, 2.05) is 0 Å². The summed E-state index contributed by atoms with van der Waals surface area (Å²) in [6.07, 6.45) is 0.130. The van der Waals surface area contributed by atoms with Gasteiger partial charge in [0.15, 0.2) is 5.82 Å². The van der Waals surface area contributed by atoms with Gasteiger partial charge in [0.05, 0.1) is 12.5 Å². The number of H-pyrrole nitrogens is 1. The fraction of sp³-hybridized carbons (Fsp3) is 0.308. The van der Waals surface area contributed by atoms with Crippen LogP contribution in [0.15, 0.2) is 24.3 Å². The number of nitrogens with zero attached hydrogens (tertiary/aromatic N) is 2. The Morgan fingerprint density at radius 1 is 1.53 bits per heavy atom. The summed E-state index contributed by atoms with van der Waals surface area (Å²) in [6, 6.07) is 5.71. The van der Waals surface area contributed by atoms with Gasteiger partial charge < -0.3 is 5.32 Å². The molecule has 5 nitrogen and oxygen atoms in total. The van der Waals surface area contributed by atoms with Gasteiger partial charge in [0.25, 0.3) is 0 Å². The number of hydrogen-bond donors (Lipinski definition) is 2. The summed E-state index contributed by atoms with van der Waals surface area (Å²) in [5.74, 6) is 0.690. The number of halogens is 1. The van der Waals surface area contributed by atoms with E-state index in [-0.39, 0.29) is 24.2 Å². The average Bonchev–Trinajstić information content (AvgIpc) is 2.75. The van der Waals surface area contributed by atoms with Crippen LogP contribution in [-0.2, 0) is 11.2 Å². The van der Waals surface area contributed by atoms with Crippen molar-refractivity contribution < 1.29 is 9.18 Å². The molecule has 0 aliphatic heterocycles. The lowest BCUT2D eigenvalue weighted by Crippen LogP contribution is -2.28. The van der Waals surface area contributed by atoms with Crippen LogP contribution in [0, 0.1) is 12.7 Å². The fourth-order valence-electron chi connectivity index (χ4n) is 1.74. The smallest absolute Gasteiger partial charge is 0.225 e. The first-order valence-electron chi connectivity index (χ1n) is 5.97. The summed E-state index contributed by atoms with van der Waals surface area (Å²) in [7, 11) is 0. The fourth-order valence-corrected chi connectivity index (χ4v) is 1.74. The van der Waals surface area contributed by atoms with Crippen LogP contribution in [0.3, 0.4) is 0 Å². The second-order valence-electron chi connectivity index (χ2n) is 4.37. The van der Waals surface area contributed by atoms with Gasteiger partial charge in [-0.05, 0) is 31.5 Å². The normalized spacial score (nSPS) is 12.2. The first-order valence-corrected chi connectivity index (χ1v) is 5.97. The van der Waals surface area contributed by atoms with Crippen LogP contribution < -0.4 is 5.32 Å². The second-order valence-corrected chi connectivity index (χ2v) is 4.37. The third kappa shape index (κ3) is 3.61. The van der Waals surface area contributed by atoms with E-state index in [4.69, 9.17) is 0 Å². The first-order chi connectivity index (χ1) is 9.04. The molecule has 100 valence electrons. The third-order valence-electron chi connectivity index (χ3n) is 2.63. The van der Waals surface area contributed by atoms with Crippen molar-refractivity contribution in [2.75, 3.05) is 0 Å². The van der Waals surface area contributed by atoms with Gasteiger partial charge >= 0.3 is 0 Å². The van der Waals surface area contributed by atoms with Crippen molar-refractivity contribution in [3.8, 4) is 0 Å². The molecule has 0 saturated carbocycles. The number of nitrogens with one attached hydrogen (secondary N) is 2. The van der Waals surface area contributed by atoms with Gasteiger partial charge in [0.2, 0.25) is 5.91 Å². The monoisotopic (exact) mass is 262 g/mol. The van der Waals surface area contributed by atoms with Crippen molar-refractivity contribution in [1.29, 1.82) is 0 Å². The zero-order valence-corrected chi connectivity index (χ0v) is 10.8. The van der Waals surface area contributed by atoms with Gasteiger partial charge in [0.1, 0.15) is 11.6 Å². The Labute approximate surface area is 110 Å². The molecule has 0 radical (unpaired) electrons. The Kier molecular flexibility index (Phi) is 3.89. The van der Waals surface area contributed by atoms with Crippen molar-refractivity contribution >= 4 is 5.91 Å². The van der Waals surface area contributed by atoms with Crippen LogP contribution in [0.4, 0.5) is 4.39 Å². The Bertz CT molecular complexity index is 582. The minimum absolute atomic E-state index is 0.130. The summed E-state index contributed by atoms with van der Waals surface area (Å²) in [4.78, 5) is 16.0. The number of aromatic nitrogens is 3. The zero-order valence-electron chi connectivity index (χ0n) is 10.8. The van der Waals surface area contributed by atoms with Crippen LogP contribution in [0.25, 0.3) is 0 Å². The molecule has 0 saturated heterocycles. The Hall–Kier alpha value is -2.24. The standard InChI is InChI=1S/C13H15FN4O/c1-8(13-16-9(2)17-18-13)15-12(19)7-10-4-3-5-11(14)6-10/h3-6,8H,7H2,1-2H3,(H,15,19)(H,16,17,18)/t8-/m1/s1. The van der Waals surface area contributed by atoms with Gasteiger partial charge in [-0.1, -0.05) is 12.1 Å². The van der Waals surface area contributed by atoms with E-state index in [0.717, 1.165) is 0 Å². The lowest BCUT2D eigenvalue weighted by Gasteiger charge is -2.10. The largest absolute Gasteiger partial charge is 0.346 e. The van der Waals surface area contributed by atoms with Crippen LogP contribution in [0.5, 0.6) is 0 Å². The predicted molar refractivity (Wildman–Crippen MR) is 67.8 cm³/mol. The van der Waals surface area contributed by atoms with E-state index in [1.54, 1.807) is 26.0 Å². The highest BCUT2D eigenvalue weighted by atomic mass is 19.1. The molecule has 19 heavy (non-hydrogen) atoms. The maximum absolute atomic E-state index is 13.0. The number of amides is 1. The molecule has 2 aromatic rings. The first kappa shape index (κ1) is 13.2. The minimum atomic E-state index is -0.344. The zero-order chi connectivity index (χ0) is 13.8. The summed E-state index contributed by atoms with van der Waals surface area (Å²) in [5, 5.41) is 9.47. The Balaban J connectivity index is 1.94. The van der Waals surface area contributed by atoms with E-state index in [0.29, 0.717) is 17.2 Å². The third-order valence-corrected chi connectivity index (χ3v) is 2.63. The number of carbonyl (C=O) groups excluding carboxylic acids is 1. The molecule has 6 heteroatoms. The molecular weight excluding hydrogens is 247 g/mol. The van der Waals surface area contributed by atoms with Crippen molar-refractivity contribution in [3.05, 3.63) is 47.3 Å². The molecule has 0 spiro atoms. The second kappa shape index (κ2) is 5.60. The Morgan fingerprint density at radius 2 is 2.32 bits per heavy atom. The molecule has 0 unspecified atom stereocenters. The summed E-state index contributed by atoms with van der Waals surface area (Å²) >= 11 is 0. The molecule has 0 aliphatic carbocycles. The average molecular weight is 262 g/mol. The molecule has 1 amide bonds. The van der Waals surface area contributed by atoms with E-state index in [9.17, 15) is 9.18 Å². The highest BCUT2D eigenvalue weighted by Gasteiger charge is 2.13. The van der Waals surface area contributed by atoms with Gasteiger partial charge in [-0.25, -0.2) is 9.37 Å². The number of aromatic amines is 1. The van der Waals surface area contributed by atoms with Crippen molar-refractivity contribution in [1.82, 2.24) is 20.5 Å². The molecule has 1 heterocycles. The Morgan fingerprint density at radius 3 is 2.95 bits per heavy atom. The quantitative estimate of drug-likeness (QED) is 0.880. The number of benzene rings is 1. The summed E-state index contributed by atoms with van der Waals surface area (Å²) in [6.45, 7) is 3.59. The highest BCUT2D eigenvalue weighted by Crippen LogP contribution is 2.08. The van der Waals surface area contributed by atoms with Crippen LogP contribution in [0.2, 0.25) is 0 Å². The van der Waals surface area contributed by atoms with Gasteiger partial charge in [-0.3, -0.25) is 9.89 Å².